The van der Waals surface area contributed by atoms with E-state index in [1.807, 2.05) is 0 Å². The molecule has 156 valence electrons. The van der Waals surface area contributed by atoms with E-state index in [0.29, 0.717) is 17.1 Å². The van der Waals surface area contributed by atoms with Crippen molar-refractivity contribution in [1.29, 1.82) is 0 Å². The van der Waals surface area contributed by atoms with Gasteiger partial charge < -0.3 is 19.9 Å². The van der Waals surface area contributed by atoms with Crippen LogP contribution >= 0.6 is 0 Å². The number of benzene rings is 2. The summed E-state index contributed by atoms with van der Waals surface area (Å²) in [6, 6.07) is 11.5. The van der Waals surface area contributed by atoms with Crippen LogP contribution in [0.25, 0.3) is 11.4 Å². The summed E-state index contributed by atoms with van der Waals surface area (Å²) in [4.78, 5) is 30.0. The van der Waals surface area contributed by atoms with E-state index < -0.39 is 17.8 Å². The zero-order valence-corrected chi connectivity index (χ0v) is 16.5. The molecule has 2 N–H and O–H groups in total. The summed E-state index contributed by atoms with van der Waals surface area (Å²) < 4.78 is 23.8. The minimum absolute atomic E-state index is 0.0137. The molecule has 0 aliphatic rings. The smallest absolute Gasteiger partial charge is 0.244 e. The van der Waals surface area contributed by atoms with Gasteiger partial charge in [0, 0.05) is 25.5 Å². The van der Waals surface area contributed by atoms with E-state index in [2.05, 4.69) is 10.1 Å². The first kappa shape index (κ1) is 21.0. The van der Waals surface area contributed by atoms with Crippen molar-refractivity contribution in [3.05, 3.63) is 65.8 Å². The van der Waals surface area contributed by atoms with Gasteiger partial charge in [0.05, 0.1) is 7.11 Å². The number of halogens is 1. The molecule has 0 saturated carbocycles. The maximum absolute atomic E-state index is 13.5. The van der Waals surface area contributed by atoms with Gasteiger partial charge in [-0.25, -0.2) is 4.39 Å². The van der Waals surface area contributed by atoms with Crippen molar-refractivity contribution in [2.24, 2.45) is 5.73 Å². The predicted molar refractivity (Wildman–Crippen MR) is 106 cm³/mol. The van der Waals surface area contributed by atoms with Gasteiger partial charge in [-0.05, 0) is 42.0 Å². The van der Waals surface area contributed by atoms with Gasteiger partial charge in [0.2, 0.25) is 23.5 Å². The zero-order chi connectivity index (χ0) is 21.7. The maximum Gasteiger partial charge on any atom is 0.244 e. The van der Waals surface area contributed by atoms with Crippen LogP contribution in [0.5, 0.6) is 5.75 Å². The highest BCUT2D eigenvalue weighted by atomic mass is 19.1. The lowest BCUT2D eigenvalue weighted by atomic mass is 10.0. The average molecular weight is 412 g/mol. The van der Waals surface area contributed by atoms with E-state index in [4.69, 9.17) is 15.0 Å². The summed E-state index contributed by atoms with van der Waals surface area (Å²) >= 11 is 0. The van der Waals surface area contributed by atoms with Gasteiger partial charge >= 0.3 is 0 Å². The number of hydrogen-bond donors (Lipinski definition) is 1. The number of nitrogens with two attached hydrogens (primary N) is 1. The summed E-state index contributed by atoms with van der Waals surface area (Å²) in [6.07, 6.45) is 0.195. The quantitative estimate of drug-likeness (QED) is 0.608. The van der Waals surface area contributed by atoms with Gasteiger partial charge in [0.15, 0.2) is 0 Å². The molecule has 0 aliphatic carbocycles. The zero-order valence-electron chi connectivity index (χ0n) is 16.5. The minimum atomic E-state index is -1.08. The number of aryl methyl sites for hydroxylation is 1. The number of methoxy groups -OCH3 is 1. The van der Waals surface area contributed by atoms with Gasteiger partial charge in [-0.3, -0.25) is 9.59 Å². The number of rotatable bonds is 8. The number of amides is 2. The summed E-state index contributed by atoms with van der Waals surface area (Å²) in [5.41, 5.74) is 6.50. The fourth-order valence-corrected chi connectivity index (χ4v) is 3.00. The summed E-state index contributed by atoms with van der Waals surface area (Å²) in [7, 11) is 3.02. The van der Waals surface area contributed by atoms with E-state index >= 15 is 0 Å². The largest absolute Gasteiger partial charge is 0.497 e. The number of hydrogen-bond acceptors (Lipinski definition) is 6. The van der Waals surface area contributed by atoms with E-state index in [-0.39, 0.29) is 24.6 Å². The first-order chi connectivity index (χ1) is 14.4. The SMILES string of the molecule is COc1ccc(-c2noc(CCC(=O)N(C)C(C(N)=O)c3cccc(F)c3)n2)cc1. The molecular formula is C21H21FN4O4. The molecule has 0 saturated heterocycles. The fourth-order valence-electron chi connectivity index (χ4n) is 3.00. The van der Waals surface area contributed by atoms with Crippen LogP contribution < -0.4 is 10.5 Å². The second-order valence-corrected chi connectivity index (χ2v) is 6.60. The topological polar surface area (TPSA) is 112 Å². The first-order valence-electron chi connectivity index (χ1n) is 9.16. The van der Waals surface area contributed by atoms with Crippen LogP contribution in [-0.4, -0.2) is 41.0 Å². The van der Waals surface area contributed by atoms with Crippen LogP contribution in [0.2, 0.25) is 0 Å². The number of carbonyl (C=O) groups excluding carboxylic acids is 2. The van der Waals surface area contributed by atoms with Crippen molar-refractivity contribution >= 4 is 11.8 Å². The van der Waals surface area contributed by atoms with Crippen molar-refractivity contribution in [2.45, 2.75) is 18.9 Å². The number of likely N-dealkylation sites (N-methyl/N-ethyl adjacent to an activating group) is 1. The minimum Gasteiger partial charge on any atom is -0.497 e. The molecule has 1 unspecified atom stereocenters. The molecule has 0 fully saturated rings. The monoisotopic (exact) mass is 412 g/mol. The molecule has 8 nitrogen and oxygen atoms in total. The lowest BCUT2D eigenvalue weighted by Gasteiger charge is -2.26. The van der Waals surface area contributed by atoms with E-state index in [0.717, 1.165) is 5.56 Å². The molecule has 0 spiro atoms. The van der Waals surface area contributed by atoms with Gasteiger partial charge in [0.25, 0.3) is 0 Å². The van der Waals surface area contributed by atoms with Crippen molar-refractivity contribution in [1.82, 2.24) is 15.0 Å². The fraction of sp³-hybridized carbons (Fsp3) is 0.238. The van der Waals surface area contributed by atoms with Crippen LogP contribution in [0.3, 0.4) is 0 Å². The van der Waals surface area contributed by atoms with Crippen molar-refractivity contribution in [3.63, 3.8) is 0 Å². The van der Waals surface area contributed by atoms with Crippen LogP contribution in [0.1, 0.15) is 23.9 Å². The molecule has 1 aromatic heterocycles. The Morgan fingerprint density at radius 2 is 1.97 bits per heavy atom. The van der Waals surface area contributed by atoms with E-state index in [1.54, 1.807) is 37.4 Å². The normalized spacial score (nSPS) is 11.7. The summed E-state index contributed by atoms with van der Waals surface area (Å²) in [6.45, 7) is 0. The van der Waals surface area contributed by atoms with Crippen LogP contribution in [0, 0.1) is 5.82 Å². The number of nitrogens with zero attached hydrogens (tertiary/aromatic N) is 3. The summed E-state index contributed by atoms with van der Waals surface area (Å²) in [5.74, 6) is -0.259. The Bertz CT molecular complexity index is 1040. The third kappa shape index (κ3) is 4.80. The van der Waals surface area contributed by atoms with Gasteiger partial charge in [-0.15, -0.1) is 0 Å². The number of carbonyl (C=O) groups is 2. The maximum atomic E-state index is 13.5. The highest BCUT2D eigenvalue weighted by Crippen LogP contribution is 2.22. The third-order valence-corrected chi connectivity index (χ3v) is 4.58. The Morgan fingerprint density at radius 3 is 2.60 bits per heavy atom. The molecular weight excluding hydrogens is 391 g/mol. The van der Waals surface area contributed by atoms with Crippen molar-refractivity contribution < 1.29 is 23.2 Å². The van der Waals surface area contributed by atoms with Crippen LogP contribution in [-0.2, 0) is 16.0 Å². The van der Waals surface area contributed by atoms with Gasteiger partial charge in [-0.2, -0.15) is 4.98 Å². The van der Waals surface area contributed by atoms with E-state index in [9.17, 15) is 14.0 Å². The number of primary amides is 1. The van der Waals surface area contributed by atoms with Gasteiger partial charge in [0.1, 0.15) is 17.6 Å². The highest BCUT2D eigenvalue weighted by molar-refractivity contribution is 5.87. The average Bonchev–Trinajstić information content (AvgIpc) is 3.21. The Balaban J connectivity index is 1.65. The molecule has 3 rings (SSSR count). The molecule has 2 amide bonds. The number of aromatic nitrogens is 2. The van der Waals surface area contributed by atoms with Crippen molar-refractivity contribution in [3.8, 4) is 17.1 Å². The van der Waals surface area contributed by atoms with Gasteiger partial charge in [-0.1, -0.05) is 17.3 Å². The Hall–Kier alpha value is -3.75. The standard InChI is InChI=1S/C21H21FN4O4/c1-26(19(20(23)28)14-4-3-5-15(22)12-14)18(27)11-10-17-24-21(25-30-17)13-6-8-16(29-2)9-7-13/h3-9,12,19H,10-11H2,1-2H3,(H2,23,28). The molecule has 0 bridgehead atoms. The third-order valence-electron chi connectivity index (χ3n) is 4.58. The Kier molecular flexibility index (Phi) is 6.41. The highest BCUT2D eigenvalue weighted by Gasteiger charge is 2.27. The molecule has 1 heterocycles. The first-order valence-corrected chi connectivity index (χ1v) is 9.16. The van der Waals surface area contributed by atoms with Crippen LogP contribution in [0.15, 0.2) is 53.1 Å². The van der Waals surface area contributed by atoms with Crippen LogP contribution in [0.4, 0.5) is 4.39 Å². The second-order valence-electron chi connectivity index (χ2n) is 6.60. The Labute approximate surface area is 172 Å². The second kappa shape index (κ2) is 9.17. The molecule has 9 heteroatoms. The lowest BCUT2D eigenvalue weighted by molar-refractivity contribution is -0.138. The lowest BCUT2D eigenvalue weighted by Crippen LogP contribution is -2.39. The predicted octanol–water partition coefficient (Wildman–Crippen LogP) is 2.50. The Morgan fingerprint density at radius 1 is 1.23 bits per heavy atom. The van der Waals surface area contributed by atoms with Crippen molar-refractivity contribution in [2.75, 3.05) is 14.2 Å². The molecule has 2 aromatic carbocycles. The molecule has 0 aliphatic heterocycles. The molecule has 3 aromatic rings. The molecule has 30 heavy (non-hydrogen) atoms. The summed E-state index contributed by atoms with van der Waals surface area (Å²) in [5, 5.41) is 3.92. The van der Waals surface area contributed by atoms with E-state index in [1.165, 1.54) is 30.1 Å². The molecule has 1 atom stereocenters. The number of ether oxygens (including phenoxy) is 1. The molecule has 0 radical (unpaired) electrons.